The molecule has 1 fully saturated rings. The third-order valence-corrected chi connectivity index (χ3v) is 4.53. The van der Waals surface area contributed by atoms with Crippen LogP contribution >= 0.6 is 11.8 Å². The Labute approximate surface area is 106 Å². The monoisotopic (exact) mass is 248 g/mol. The highest BCUT2D eigenvalue weighted by Crippen LogP contribution is 2.33. The summed E-state index contributed by atoms with van der Waals surface area (Å²) in [6.07, 6.45) is 2.45. The highest BCUT2D eigenvalue weighted by molar-refractivity contribution is 8.15. The number of nitrogens with zero attached hydrogens (tertiary/aromatic N) is 1. The number of thioether (sulfide) groups is 1. The lowest BCUT2D eigenvalue weighted by molar-refractivity contribution is 0.415. The first kappa shape index (κ1) is 11.1. The number of piperidine rings is 1. The van der Waals surface area contributed by atoms with E-state index in [1.54, 1.807) is 7.11 Å². The van der Waals surface area contributed by atoms with Crippen LogP contribution in [0.1, 0.15) is 18.4 Å². The fraction of sp³-hybridized carbons (Fsp3) is 0.462. The molecule has 17 heavy (non-hydrogen) atoms. The van der Waals surface area contributed by atoms with Crippen LogP contribution in [0.3, 0.4) is 0 Å². The molecular weight excluding hydrogens is 232 g/mol. The Kier molecular flexibility index (Phi) is 3.07. The Hall–Kier alpha value is -1.00. The van der Waals surface area contributed by atoms with Crippen molar-refractivity contribution in [3.8, 4) is 5.75 Å². The van der Waals surface area contributed by atoms with Gasteiger partial charge in [-0.15, -0.1) is 0 Å². The molecule has 2 aliphatic heterocycles. The molecule has 1 aromatic rings. The number of hydrogen-bond donors (Lipinski definition) is 1. The molecule has 0 aromatic heterocycles. The molecule has 2 aliphatic rings. The standard InChI is InChI=1S/C13H16N2OS/c1-16-10-6-4-9(5-7-10)12-15-11-3-2-8-14-13(11)17-12/h4-7,11,13-14H,2-3,8H2,1H3. The second kappa shape index (κ2) is 4.70. The van der Waals surface area contributed by atoms with Gasteiger partial charge in [-0.25, -0.2) is 0 Å². The van der Waals surface area contributed by atoms with E-state index in [-0.39, 0.29) is 0 Å². The normalized spacial score (nSPS) is 27.5. The van der Waals surface area contributed by atoms with Crippen LogP contribution < -0.4 is 10.1 Å². The average Bonchev–Trinajstić information content (AvgIpc) is 2.82. The predicted molar refractivity (Wildman–Crippen MR) is 71.9 cm³/mol. The van der Waals surface area contributed by atoms with Crippen LogP contribution in [0.4, 0.5) is 0 Å². The lowest BCUT2D eigenvalue weighted by Gasteiger charge is -2.23. The molecule has 1 aromatic carbocycles. The van der Waals surface area contributed by atoms with Crippen molar-refractivity contribution in [2.45, 2.75) is 24.3 Å². The zero-order valence-corrected chi connectivity index (χ0v) is 10.7. The number of nitrogens with one attached hydrogen (secondary N) is 1. The fourth-order valence-corrected chi connectivity index (χ4v) is 3.54. The molecule has 2 atom stereocenters. The van der Waals surface area contributed by atoms with E-state index in [2.05, 4.69) is 17.4 Å². The summed E-state index contributed by atoms with van der Waals surface area (Å²) in [6.45, 7) is 1.12. The summed E-state index contributed by atoms with van der Waals surface area (Å²) in [7, 11) is 1.69. The summed E-state index contributed by atoms with van der Waals surface area (Å²) in [5, 5.41) is 5.18. The molecular formula is C13H16N2OS. The van der Waals surface area contributed by atoms with Gasteiger partial charge in [0.15, 0.2) is 0 Å². The number of methoxy groups -OCH3 is 1. The van der Waals surface area contributed by atoms with Gasteiger partial charge in [-0.3, -0.25) is 4.99 Å². The first-order valence-corrected chi connectivity index (χ1v) is 6.87. The minimum absolute atomic E-state index is 0.464. The number of hydrogen-bond acceptors (Lipinski definition) is 4. The predicted octanol–water partition coefficient (Wildman–Crippen LogP) is 2.27. The molecule has 90 valence electrons. The van der Waals surface area contributed by atoms with Gasteiger partial charge in [0.05, 0.1) is 23.6 Å². The number of fused-ring (bicyclic) bond motifs is 1. The highest BCUT2D eigenvalue weighted by Gasteiger charge is 2.32. The third kappa shape index (κ3) is 2.19. The third-order valence-electron chi connectivity index (χ3n) is 3.23. The van der Waals surface area contributed by atoms with Crippen molar-refractivity contribution in [3.05, 3.63) is 29.8 Å². The Bertz CT molecular complexity index is 430. The van der Waals surface area contributed by atoms with E-state index < -0.39 is 0 Å². The zero-order chi connectivity index (χ0) is 11.7. The second-order valence-electron chi connectivity index (χ2n) is 4.36. The van der Waals surface area contributed by atoms with Crippen molar-refractivity contribution >= 4 is 16.8 Å². The number of benzene rings is 1. The average molecular weight is 248 g/mol. The van der Waals surface area contributed by atoms with Gasteiger partial charge in [0.25, 0.3) is 0 Å². The molecule has 0 aliphatic carbocycles. The SMILES string of the molecule is COc1ccc(C2=NC3CCCNC3S2)cc1. The molecule has 0 saturated carbocycles. The quantitative estimate of drug-likeness (QED) is 0.871. The van der Waals surface area contributed by atoms with Crippen LogP contribution in [0.5, 0.6) is 5.75 Å². The fourth-order valence-electron chi connectivity index (χ4n) is 2.27. The summed E-state index contributed by atoms with van der Waals surface area (Å²) in [5.41, 5.74) is 1.20. The van der Waals surface area contributed by atoms with E-state index in [0.717, 1.165) is 17.3 Å². The number of rotatable bonds is 2. The minimum atomic E-state index is 0.464. The molecule has 3 nitrogen and oxygen atoms in total. The molecule has 0 spiro atoms. The first-order valence-electron chi connectivity index (χ1n) is 5.99. The van der Waals surface area contributed by atoms with E-state index in [1.807, 2.05) is 23.9 Å². The van der Waals surface area contributed by atoms with Gasteiger partial charge in [-0.1, -0.05) is 11.8 Å². The van der Waals surface area contributed by atoms with Crippen molar-refractivity contribution in [1.29, 1.82) is 0 Å². The van der Waals surface area contributed by atoms with Gasteiger partial charge in [0, 0.05) is 5.56 Å². The van der Waals surface area contributed by atoms with Gasteiger partial charge in [0.1, 0.15) is 5.75 Å². The van der Waals surface area contributed by atoms with Crippen molar-refractivity contribution < 1.29 is 4.74 Å². The maximum absolute atomic E-state index is 5.17. The largest absolute Gasteiger partial charge is 0.497 e. The number of aliphatic imine (C=N–C) groups is 1. The van der Waals surface area contributed by atoms with Gasteiger partial charge < -0.3 is 10.1 Å². The summed E-state index contributed by atoms with van der Waals surface area (Å²) in [5.74, 6) is 0.896. The lowest BCUT2D eigenvalue weighted by Crippen LogP contribution is -2.39. The van der Waals surface area contributed by atoms with E-state index in [0.29, 0.717) is 11.4 Å². The van der Waals surface area contributed by atoms with Gasteiger partial charge in [0.2, 0.25) is 0 Å². The van der Waals surface area contributed by atoms with E-state index in [4.69, 9.17) is 9.73 Å². The first-order chi connectivity index (χ1) is 8.36. The zero-order valence-electron chi connectivity index (χ0n) is 9.85. The van der Waals surface area contributed by atoms with Crippen LogP contribution in [-0.4, -0.2) is 30.1 Å². The highest BCUT2D eigenvalue weighted by atomic mass is 32.2. The maximum Gasteiger partial charge on any atom is 0.118 e. The molecule has 1 N–H and O–H groups in total. The molecule has 0 amide bonds. The summed E-state index contributed by atoms with van der Waals surface area (Å²) >= 11 is 1.86. The van der Waals surface area contributed by atoms with E-state index >= 15 is 0 Å². The lowest BCUT2D eigenvalue weighted by atomic mass is 10.1. The summed E-state index contributed by atoms with van der Waals surface area (Å²) in [4.78, 5) is 4.81. The molecule has 2 heterocycles. The van der Waals surface area contributed by atoms with Crippen molar-refractivity contribution in [1.82, 2.24) is 5.32 Å². The molecule has 1 saturated heterocycles. The smallest absolute Gasteiger partial charge is 0.118 e. The van der Waals surface area contributed by atoms with Crippen molar-refractivity contribution in [3.63, 3.8) is 0 Å². The Morgan fingerprint density at radius 3 is 2.88 bits per heavy atom. The molecule has 0 bridgehead atoms. The Balaban J connectivity index is 1.80. The maximum atomic E-state index is 5.17. The van der Waals surface area contributed by atoms with Crippen molar-refractivity contribution in [2.24, 2.45) is 4.99 Å². The Morgan fingerprint density at radius 2 is 2.18 bits per heavy atom. The van der Waals surface area contributed by atoms with Crippen LogP contribution in [0.15, 0.2) is 29.3 Å². The van der Waals surface area contributed by atoms with Gasteiger partial charge >= 0.3 is 0 Å². The molecule has 0 radical (unpaired) electrons. The van der Waals surface area contributed by atoms with Crippen molar-refractivity contribution in [2.75, 3.05) is 13.7 Å². The van der Waals surface area contributed by atoms with Gasteiger partial charge in [-0.2, -0.15) is 0 Å². The number of ether oxygens (including phenoxy) is 1. The van der Waals surface area contributed by atoms with Crippen LogP contribution in [0, 0.1) is 0 Å². The summed E-state index contributed by atoms with van der Waals surface area (Å²) in [6, 6.07) is 8.62. The Morgan fingerprint density at radius 1 is 1.35 bits per heavy atom. The van der Waals surface area contributed by atoms with Crippen LogP contribution in [0.2, 0.25) is 0 Å². The van der Waals surface area contributed by atoms with E-state index in [9.17, 15) is 0 Å². The summed E-state index contributed by atoms with van der Waals surface area (Å²) < 4.78 is 5.17. The molecule has 2 unspecified atom stereocenters. The van der Waals surface area contributed by atoms with E-state index in [1.165, 1.54) is 18.4 Å². The molecule has 4 heteroatoms. The minimum Gasteiger partial charge on any atom is -0.497 e. The van der Waals surface area contributed by atoms with Crippen LogP contribution in [0.25, 0.3) is 0 Å². The van der Waals surface area contributed by atoms with Crippen LogP contribution in [-0.2, 0) is 0 Å². The van der Waals surface area contributed by atoms with Gasteiger partial charge in [-0.05, 0) is 43.7 Å². The second-order valence-corrected chi connectivity index (χ2v) is 5.50. The topological polar surface area (TPSA) is 33.6 Å². The molecule has 3 rings (SSSR count).